The lowest BCUT2D eigenvalue weighted by Crippen LogP contribution is -2.53. The van der Waals surface area contributed by atoms with Crippen LogP contribution in [-0.4, -0.2) is 43.3 Å². The van der Waals surface area contributed by atoms with Crippen LogP contribution in [0.5, 0.6) is 0 Å². The van der Waals surface area contributed by atoms with Gasteiger partial charge >= 0.3 is 0 Å². The monoisotopic (exact) mass is 242 g/mol. The molecule has 0 aromatic rings. The standard InChI is InChI=1S/C14H30N2O/c1-13(2,11-15)7-5-6-8-16-9-10-17-12-14(16,3)4/h5-12,15H2,1-4H3. The van der Waals surface area contributed by atoms with E-state index in [1.807, 2.05) is 0 Å². The van der Waals surface area contributed by atoms with Crippen molar-refractivity contribution in [2.24, 2.45) is 11.1 Å². The second kappa shape index (κ2) is 6.17. The molecule has 0 bridgehead atoms. The molecule has 1 rings (SSSR count). The number of rotatable bonds is 6. The molecule has 1 aliphatic rings. The van der Waals surface area contributed by atoms with E-state index in [0.717, 1.165) is 26.3 Å². The maximum Gasteiger partial charge on any atom is 0.0645 e. The quantitative estimate of drug-likeness (QED) is 0.726. The predicted molar refractivity (Wildman–Crippen MR) is 73.2 cm³/mol. The molecule has 0 spiro atoms. The molecule has 3 nitrogen and oxygen atoms in total. The fourth-order valence-electron chi connectivity index (χ4n) is 2.31. The van der Waals surface area contributed by atoms with Gasteiger partial charge in [-0.25, -0.2) is 0 Å². The summed E-state index contributed by atoms with van der Waals surface area (Å²) in [6.45, 7) is 13.9. The van der Waals surface area contributed by atoms with Gasteiger partial charge in [-0.05, 0) is 45.2 Å². The first-order valence-corrected chi connectivity index (χ1v) is 6.90. The summed E-state index contributed by atoms with van der Waals surface area (Å²) in [5.74, 6) is 0. The zero-order valence-electron chi connectivity index (χ0n) is 12.1. The van der Waals surface area contributed by atoms with Gasteiger partial charge in [-0.15, -0.1) is 0 Å². The Labute approximate surface area is 107 Å². The van der Waals surface area contributed by atoms with E-state index in [9.17, 15) is 0 Å². The topological polar surface area (TPSA) is 38.5 Å². The smallest absolute Gasteiger partial charge is 0.0645 e. The van der Waals surface area contributed by atoms with Gasteiger partial charge in [-0.1, -0.05) is 20.3 Å². The van der Waals surface area contributed by atoms with Crippen molar-refractivity contribution in [3.8, 4) is 0 Å². The lowest BCUT2D eigenvalue weighted by Gasteiger charge is -2.42. The molecule has 0 unspecified atom stereocenters. The van der Waals surface area contributed by atoms with Gasteiger partial charge in [0.2, 0.25) is 0 Å². The normalized spacial score (nSPS) is 21.7. The first kappa shape index (κ1) is 14.9. The Balaban J connectivity index is 2.22. The van der Waals surface area contributed by atoms with Crippen LogP contribution >= 0.6 is 0 Å². The van der Waals surface area contributed by atoms with Crippen LogP contribution in [0.1, 0.15) is 47.0 Å². The zero-order chi connectivity index (χ0) is 12.9. The third-order valence-corrected chi connectivity index (χ3v) is 3.90. The summed E-state index contributed by atoms with van der Waals surface area (Å²) in [4.78, 5) is 2.56. The van der Waals surface area contributed by atoms with E-state index in [2.05, 4.69) is 32.6 Å². The van der Waals surface area contributed by atoms with E-state index in [-0.39, 0.29) is 5.54 Å². The molecule has 102 valence electrons. The molecule has 0 amide bonds. The highest BCUT2D eigenvalue weighted by atomic mass is 16.5. The number of morpholine rings is 1. The molecule has 1 heterocycles. The summed E-state index contributed by atoms with van der Waals surface area (Å²) in [5.41, 5.74) is 6.26. The molecule has 0 saturated carbocycles. The first-order valence-electron chi connectivity index (χ1n) is 6.90. The van der Waals surface area contributed by atoms with Crippen molar-refractivity contribution in [2.75, 3.05) is 32.8 Å². The van der Waals surface area contributed by atoms with Gasteiger partial charge in [0, 0.05) is 12.1 Å². The van der Waals surface area contributed by atoms with E-state index < -0.39 is 0 Å². The average molecular weight is 242 g/mol. The first-order chi connectivity index (χ1) is 7.87. The number of ether oxygens (including phenoxy) is 1. The van der Waals surface area contributed by atoms with Crippen molar-refractivity contribution in [2.45, 2.75) is 52.5 Å². The Kier molecular flexibility index (Phi) is 5.42. The van der Waals surface area contributed by atoms with Gasteiger partial charge in [0.1, 0.15) is 0 Å². The van der Waals surface area contributed by atoms with Gasteiger partial charge < -0.3 is 10.5 Å². The van der Waals surface area contributed by atoms with E-state index in [0.29, 0.717) is 5.41 Å². The molecular weight excluding hydrogens is 212 g/mol. The molecule has 1 aliphatic heterocycles. The molecule has 1 fully saturated rings. The predicted octanol–water partition coefficient (Wildman–Crippen LogP) is 2.25. The van der Waals surface area contributed by atoms with Crippen LogP contribution in [0.3, 0.4) is 0 Å². The lowest BCUT2D eigenvalue weighted by molar-refractivity contribution is -0.0515. The summed E-state index contributed by atoms with van der Waals surface area (Å²) < 4.78 is 5.53. The maximum absolute atomic E-state index is 5.75. The van der Waals surface area contributed by atoms with Crippen molar-refractivity contribution in [3.63, 3.8) is 0 Å². The molecule has 0 radical (unpaired) electrons. The number of unbranched alkanes of at least 4 members (excludes halogenated alkanes) is 1. The molecule has 0 aromatic heterocycles. The largest absolute Gasteiger partial charge is 0.378 e. The molecule has 0 atom stereocenters. The number of hydrogen-bond donors (Lipinski definition) is 1. The fraction of sp³-hybridized carbons (Fsp3) is 1.00. The summed E-state index contributed by atoms with van der Waals surface area (Å²) >= 11 is 0. The zero-order valence-corrected chi connectivity index (χ0v) is 12.1. The molecular formula is C14H30N2O. The molecule has 0 aromatic carbocycles. The van der Waals surface area contributed by atoms with Crippen LogP contribution in [0.2, 0.25) is 0 Å². The minimum absolute atomic E-state index is 0.210. The van der Waals surface area contributed by atoms with Crippen molar-refractivity contribution >= 4 is 0 Å². The molecule has 1 saturated heterocycles. The van der Waals surface area contributed by atoms with Crippen LogP contribution in [0.4, 0.5) is 0 Å². The molecule has 17 heavy (non-hydrogen) atoms. The van der Waals surface area contributed by atoms with E-state index in [4.69, 9.17) is 10.5 Å². The van der Waals surface area contributed by atoms with Gasteiger partial charge in [0.25, 0.3) is 0 Å². The Morgan fingerprint density at radius 2 is 2.00 bits per heavy atom. The third-order valence-electron chi connectivity index (χ3n) is 3.90. The summed E-state index contributed by atoms with van der Waals surface area (Å²) in [7, 11) is 0. The van der Waals surface area contributed by atoms with Gasteiger partial charge in [-0.2, -0.15) is 0 Å². The molecule has 2 N–H and O–H groups in total. The summed E-state index contributed by atoms with van der Waals surface area (Å²) in [6, 6.07) is 0. The average Bonchev–Trinajstić information content (AvgIpc) is 2.26. The van der Waals surface area contributed by atoms with Gasteiger partial charge in [0.15, 0.2) is 0 Å². The van der Waals surface area contributed by atoms with Crippen molar-refractivity contribution < 1.29 is 4.74 Å². The minimum Gasteiger partial charge on any atom is -0.378 e. The maximum atomic E-state index is 5.75. The van der Waals surface area contributed by atoms with E-state index in [1.165, 1.54) is 25.8 Å². The lowest BCUT2D eigenvalue weighted by atomic mass is 9.87. The SMILES string of the molecule is CC(C)(CN)CCCCN1CCOCC1(C)C. The Hall–Kier alpha value is -0.120. The fourth-order valence-corrected chi connectivity index (χ4v) is 2.31. The number of nitrogens with two attached hydrogens (primary N) is 1. The van der Waals surface area contributed by atoms with Crippen LogP contribution in [0.25, 0.3) is 0 Å². The van der Waals surface area contributed by atoms with Crippen LogP contribution < -0.4 is 5.73 Å². The van der Waals surface area contributed by atoms with Crippen molar-refractivity contribution in [1.29, 1.82) is 0 Å². The Morgan fingerprint density at radius 1 is 1.29 bits per heavy atom. The highest BCUT2D eigenvalue weighted by Crippen LogP contribution is 2.23. The van der Waals surface area contributed by atoms with Gasteiger partial charge in [-0.3, -0.25) is 4.90 Å². The van der Waals surface area contributed by atoms with Crippen LogP contribution in [0.15, 0.2) is 0 Å². The van der Waals surface area contributed by atoms with Gasteiger partial charge in [0.05, 0.1) is 13.2 Å². The van der Waals surface area contributed by atoms with E-state index >= 15 is 0 Å². The van der Waals surface area contributed by atoms with Crippen LogP contribution in [0, 0.1) is 5.41 Å². The minimum atomic E-state index is 0.210. The van der Waals surface area contributed by atoms with Crippen molar-refractivity contribution in [3.05, 3.63) is 0 Å². The summed E-state index contributed by atoms with van der Waals surface area (Å²) in [5, 5.41) is 0. The Bertz CT molecular complexity index is 226. The third kappa shape index (κ3) is 4.94. The summed E-state index contributed by atoms with van der Waals surface area (Å²) in [6.07, 6.45) is 3.78. The Morgan fingerprint density at radius 3 is 2.59 bits per heavy atom. The highest BCUT2D eigenvalue weighted by molar-refractivity contribution is 4.84. The highest BCUT2D eigenvalue weighted by Gasteiger charge is 2.29. The van der Waals surface area contributed by atoms with Crippen LogP contribution in [-0.2, 0) is 4.74 Å². The second-order valence-corrected chi connectivity index (χ2v) is 6.68. The van der Waals surface area contributed by atoms with E-state index in [1.54, 1.807) is 0 Å². The molecule has 0 aliphatic carbocycles. The second-order valence-electron chi connectivity index (χ2n) is 6.68. The molecule has 3 heteroatoms. The van der Waals surface area contributed by atoms with Crippen molar-refractivity contribution in [1.82, 2.24) is 4.90 Å². The number of hydrogen-bond acceptors (Lipinski definition) is 3. The number of nitrogens with zero attached hydrogens (tertiary/aromatic N) is 1.